The molecule has 5 heteroatoms. The Morgan fingerprint density at radius 2 is 1.53 bits per heavy atom. The fraction of sp³-hybridized carbons (Fsp3) is 0.120. The highest BCUT2D eigenvalue weighted by atomic mass is 16.4. The largest absolute Gasteiger partial charge is 0.481 e. The average molecular weight is 398 g/mol. The van der Waals surface area contributed by atoms with Gasteiger partial charge in [0.1, 0.15) is 5.70 Å². The summed E-state index contributed by atoms with van der Waals surface area (Å²) in [4.78, 5) is 27.0. The van der Waals surface area contributed by atoms with Crippen LogP contribution in [0.2, 0.25) is 0 Å². The third-order valence-corrected chi connectivity index (χ3v) is 5.15. The molecule has 1 amide bonds. The summed E-state index contributed by atoms with van der Waals surface area (Å²) in [7, 11) is 0. The molecule has 0 spiro atoms. The van der Waals surface area contributed by atoms with Gasteiger partial charge in [-0.3, -0.25) is 14.5 Å². The Morgan fingerprint density at radius 3 is 2.13 bits per heavy atom. The summed E-state index contributed by atoms with van der Waals surface area (Å²) in [6.07, 6.45) is -0.233. The Balaban J connectivity index is 1.87. The molecule has 0 bridgehead atoms. The van der Waals surface area contributed by atoms with Crippen molar-refractivity contribution in [2.75, 3.05) is 10.2 Å². The number of anilines is 2. The second kappa shape index (κ2) is 8.25. The summed E-state index contributed by atoms with van der Waals surface area (Å²) in [6.45, 7) is 1.99. The fourth-order valence-electron chi connectivity index (χ4n) is 3.77. The minimum atomic E-state index is -0.975. The van der Waals surface area contributed by atoms with E-state index in [4.69, 9.17) is 0 Å². The molecule has 1 heterocycles. The van der Waals surface area contributed by atoms with Crippen LogP contribution in [0.15, 0.2) is 96.2 Å². The van der Waals surface area contributed by atoms with Gasteiger partial charge in [0.2, 0.25) is 0 Å². The van der Waals surface area contributed by atoms with Crippen molar-refractivity contribution in [3.8, 4) is 0 Å². The van der Waals surface area contributed by atoms with Gasteiger partial charge in [-0.2, -0.15) is 0 Å². The number of carbonyl (C=O) groups is 2. The van der Waals surface area contributed by atoms with Gasteiger partial charge in [0, 0.05) is 11.4 Å². The molecule has 1 atom stereocenters. The first-order valence-electron chi connectivity index (χ1n) is 9.76. The molecule has 3 aromatic carbocycles. The van der Waals surface area contributed by atoms with Crippen LogP contribution in [0.3, 0.4) is 0 Å². The van der Waals surface area contributed by atoms with E-state index in [9.17, 15) is 14.7 Å². The van der Waals surface area contributed by atoms with Gasteiger partial charge in [-0.05, 0) is 42.3 Å². The molecule has 5 nitrogen and oxygen atoms in total. The lowest BCUT2D eigenvalue weighted by Crippen LogP contribution is -2.31. The third-order valence-electron chi connectivity index (χ3n) is 5.15. The van der Waals surface area contributed by atoms with Crippen LogP contribution in [0.1, 0.15) is 23.6 Å². The number of nitrogens with zero attached hydrogens (tertiary/aromatic N) is 1. The smallest absolute Gasteiger partial charge is 0.307 e. The Labute approximate surface area is 175 Å². The minimum absolute atomic E-state index is 0.233. The summed E-state index contributed by atoms with van der Waals surface area (Å²) in [6, 6.07) is 26.0. The molecule has 150 valence electrons. The Kier molecular flexibility index (Phi) is 5.35. The first-order chi connectivity index (χ1) is 14.5. The number of aliphatic carboxylic acids is 1. The summed E-state index contributed by atoms with van der Waals surface area (Å²) in [5, 5.41) is 12.8. The first kappa shape index (κ1) is 19.5. The zero-order chi connectivity index (χ0) is 21.1. The highest BCUT2D eigenvalue weighted by Gasteiger charge is 2.41. The number of carbonyl (C=O) groups excluding carboxylic acids is 1. The van der Waals surface area contributed by atoms with Crippen molar-refractivity contribution >= 4 is 23.3 Å². The van der Waals surface area contributed by atoms with Crippen LogP contribution in [0, 0.1) is 6.92 Å². The minimum Gasteiger partial charge on any atom is -0.481 e. The molecule has 1 aliphatic heterocycles. The maximum atomic E-state index is 13.6. The molecule has 0 aliphatic carbocycles. The molecule has 1 unspecified atom stereocenters. The second-order valence-corrected chi connectivity index (χ2v) is 7.29. The van der Waals surface area contributed by atoms with E-state index >= 15 is 0 Å². The predicted molar refractivity (Wildman–Crippen MR) is 117 cm³/mol. The van der Waals surface area contributed by atoms with Gasteiger partial charge in [-0.25, -0.2) is 0 Å². The Hall–Kier alpha value is -3.86. The number of nitrogens with one attached hydrogen (secondary N) is 1. The molecule has 0 saturated carbocycles. The van der Waals surface area contributed by atoms with Gasteiger partial charge in [0.15, 0.2) is 0 Å². The van der Waals surface area contributed by atoms with E-state index in [0.29, 0.717) is 11.3 Å². The summed E-state index contributed by atoms with van der Waals surface area (Å²) < 4.78 is 0. The number of carboxylic acid groups (broad SMARTS) is 1. The van der Waals surface area contributed by atoms with Crippen molar-refractivity contribution in [1.82, 2.24) is 0 Å². The van der Waals surface area contributed by atoms with Crippen molar-refractivity contribution in [1.29, 1.82) is 0 Å². The van der Waals surface area contributed by atoms with E-state index in [1.807, 2.05) is 91.9 Å². The highest BCUT2D eigenvalue weighted by Crippen LogP contribution is 2.42. The monoisotopic (exact) mass is 398 g/mol. The van der Waals surface area contributed by atoms with Crippen molar-refractivity contribution in [3.63, 3.8) is 0 Å². The van der Waals surface area contributed by atoms with E-state index in [-0.39, 0.29) is 12.3 Å². The molecule has 0 saturated heterocycles. The lowest BCUT2D eigenvalue weighted by molar-refractivity contribution is -0.136. The standard InChI is InChI=1S/C25H22N2O3/c1-17-12-14-18(15-13-17)24-21(16-22(28)29)23(26-19-8-4-2-5-9-19)25(30)27(24)20-10-6-3-7-11-20/h2-15,24,26H,16H2,1H3,(H,28,29). The summed E-state index contributed by atoms with van der Waals surface area (Å²) in [5.41, 5.74) is 4.30. The molecule has 0 fully saturated rings. The zero-order valence-electron chi connectivity index (χ0n) is 16.6. The van der Waals surface area contributed by atoms with Crippen molar-refractivity contribution in [3.05, 3.63) is 107 Å². The number of para-hydroxylation sites is 2. The van der Waals surface area contributed by atoms with Crippen LogP contribution in [-0.2, 0) is 9.59 Å². The van der Waals surface area contributed by atoms with Crippen LogP contribution in [0.25, 0.3) is 0 Å². The molecule has 30 heavy (non-hydrogen) atoms. The SMILES string of the molecule is Cc1ccc(C2C(CC(=O)O)=C(Nc3ccccc3)C(=O)N2c2ccccc2)cc1. The number of aryl methyl sites for hydroxylation is 1. The van der Waals surface area contributed by atoms with Crippen LogP contribution in [0.5, 0.6) is 0 Å². The number of hydrogen-bond donors (Lipinski definition) is 2. The molecule has 0 radical (unpaired) electrons. The van der Waals surface area contributed by atoms with Gasteiger partial charge >= 0.3 is 5.97 Å². The van der Waals surface area contributed by atoms with E-state index in [1.165, 1.54) is 0 Å². The normalized spacial score (nSPS) is 16.1. The van der Waals surface area contributed by atoms with Gasteiger partial charge in [0.05, 0.1) is 12.5 Å². The molecular formula is C25H22N2O3. The second-order valence-electron chi connectivity index (χ2n) is 7.29. The lowest BCUT2D eigenvalue weighted by atomic mass is 9.95. The molecular weight excluding hydrogens is 376 g/mol. The van der Waals surface area contributed by atoms with Gasteiger partial charge in [-0.1, -0.05) is 66.2 Å². The number of amides is 1. The third kappa shape index (κ3) is 3.82. The highest BCUT2D eigenvalue weighted by molar-refractivity contribution is 6.12. The average Bonchev–Trinajstić information content (AvgIpc) is 3.01. The summed E-state index contributed by atoms with van der Waals surface area (Å²) in [5.74, 6) is -1.22. The number of rotatable bonds is 6. The van der Waals surface area contributed by atoms with Crippen LogP contribution in [0.4, 0.5) is 11.4 Å². The first-order valence-corrected chi connectivity index (χ1v) is 9.76. The van der Waals surface area contributed by atoms with E-state index in [1.54, 1.807) is 4.90 Å². The van der Waals surface area contributed by atoms with Crippen LogP contribution < -0.4 is 10.2 Å². The topological polar surface area (TPSA) is 69.6 Å². The van der Waals surface area contributed by atoms with E-state index in [0.717, 1.165) is 22.5 Å². The number of benzene rings is 3. The van der Waals surface area contributed by atoms with Crippen molar-refractivity contribution in [2.24, 2.45) is 0 Å². The molecule has 1 aliphatic rings. The van der Waals surface area contributed by atoms with Gasteiger partial charge in [-0.15, -0.1) is 0 Å². The molecule has 2 N–H and O–H groups in total. The quantitative estimate of drug-likeness (QED) is 0.618. The van der Waals surface area contributed by atoms with Gasteiger partial charge in [0.25, 0.3) is 5.91 Å². The predicted octanol–water partition coefficient (Wildman–Crippen LogP) is 4.92. The maximum absolute atomic E-state index is 13.6. The maximum Gasteiger partial charge on any atom is 0.307 e. The van der Waals surface area contributed by atoms with E-state index < -0.39 is 12.0 Å². The van der Waals surface area contributed by atoms with Crippen LogP contribution in [-0.4, -0.2) is 17.0 Å². The number of hydrogen-bond acceptors (Lipinski definition) is 3. The molecule has 0 aromatic heterocycles. The van der Waals surface area contributed by atoms with Crippen LogP contribution >= 0.6 is 0 Å². The number of carboxylic acids is 1. The van der Waals surface area contributed by atoms with Crippen molar-refractivity contribution < 1.29 is 14.7 Å². The van der Waals surface area contributed by atoms with E-state index in [2.05, 4.69) is 5.32 Å². The Morgan fingerprint density at radius 1 is 0.933 bits per heavy atom. The Bertz CT molecular complexity index is 1090. The zero-order valence-corrected chi connectivity index (χ0v) is 16.6. The van der Waals surface area contributed by atoms with Crippen molar-refractivity contribution in [2.45, 2.75) is 19.4 Å². The lowest BCUT2D eigenvalue weighted by Gasteiger charge is -2.27. The molecule has 3 aromatic rings. The summed E-state index contributed by atoms with van der Waals surface area (Å²) >= 11 is 0. The molecule has 4 rings (SSSR count). The van der Waals surface area contributed by atoms with Gasteiger partial charge < -0.3 is 10.4 Å². The fourth-order valence-corrected chi connectivity index (χ4v) is 3.77.